The number of carbonyl (C=O) groups is 1. The second-order valence-corrected chi connectivity index (χ2v) is 6.22. The molecule has 1 atom stereocenters. The molecule has 2 heterocycles. The molecular formula is C15H16N6O2S. The third kappa shape index (κ3) is 3.40. The van der Waals surface area contributed by atoms with Gasteiger partial charge in [-0.05, 0) is 38.0 Å². The van der Waals surface area contributed by atoms with Gasteiger partial charge in [-0.25, -0.2) is 0 Å². The van der Waals surface area contributed by atoms with Crippen molar-refractivity contribution in [1.29, 1.82) is 0 Å². The SMILES string of the molecule is Cc1cccc(O[C@@H](C)c2nnc(NC(=O)c3cn[nH]n3)s2)c1C. The third-order valence-electron chi connectivity index (χ3n) is 3.52. The number of ether oxygens (including phenoxy) is 1. The van der Waals surface area contributed by atoms with Crippen LogP contribution >= 0.6 is 11.3 Å². The van der Waals surface area contributed by atoms with E-state index in [4.69, 9.17) is 4.74 Å². The minimum Gasteiger partial charge on any atom is -0.483 e. The van der Waals surface area contributed by atoms with Gasteiger partial charge in [-0.2, -0.15) is 15.4 Å². The topological polar surface area (TPSA) is 106 Å². The van der Waals surface area contributed by atoms with E-state index in [0.29, 0.717) is 10.1 Å². The van der Waals surface area contributed by atoms with Crippen LogP contribution in [0.2, 0.25) is 0 Å². The van der Waals surface area contributed by atoms with Crippen molar-refractivity contribution in [3.8, 4) is 5.75 Å². The van der Waals surface area contributed by atoms with Crippen LogP contribution in [-0.4, -0.2) is 31.5 Å². The Morgan fingerprint density at radius 2 is 2.17 bits per heavy atom. The lowest BCUT2D eigenvalue weighted by Gasteiger charge is -2.14. The molecule has 3 rings (SSSR count). The smallest absolute Gasteiger partial charge is 0.279 e. The fourth-order valence-corrected chi connectivity index (χ4v) is 2.73. The maximum absolute atomic E-state index is 11.9. The third-order valence-corrected chi connectivity index (χ3v) is 4.51. The first-order valence-corrected chi connectivity index (χ1v) is 8.09. The van der Waals surface area contributed by atoms with Crippen molar-refractivity contribution in [2.75, 3.05) is 5.32 Å². The lowest BCUT2D eigenvalue weighted by molar-refractivity contribution is 0.102. The fourth-order valence-electron chi connectivity index (χ4n) is 2.01. The number of rotatable bonds is 5. The van der Waals surface area contributed by atoms with E-state index in [2.05, 4.69) is 30.9 Å². The standard InChI is InChI=1S/C15H16N6O2S/c1-8-5-4-6-12(9(8)2)23-10(3)14-19-20-15(24-14)17-13(22)11-7-16-21-18-11/h4-7,10H,1-3H3,(H,16,18,21)(H,17,20,22)/t10-/m0/s1. The number of nitrogens with zero attached hydrogens (tertiary/aromatic N) is 4. The molecule has 0 radical (unpaired) electrons. The van der Waals surface area contributed by atoms with Crippen molar-refractivity contribution in [3.63, 3.8) is 0 Å². The van der Waals surface area contributed by atoms with Crippen LogP contribution in [0.25, 0.3) is 0 Å². The summed E-state index contributed by atoms with van der Waals surface area (Å²) < 4.78 is 5.97. The molecule has 124 valence electrons. The molecule has 2 N–H and O–H groups in total. The van der Waals surface area contributed by atoms with Crippen LogP contribution in [0.5, 0.6) is 5.75 Å². The summed E-state index contributed by atoms with van der Waals surface area (Å²) in [4.78, 5) is 11.9. The molecule has 0 unspecified atom stereocenters. The highest BCUT2D eigenvalue weighted by molar-refractivity contribution is 7.15. The normalized spacial score (nSPS) is 12.0. The minimum absolute atomic E-state index is 0.187. The van der Waals surface area contributed by atoms with Crippen molar-refractivity contribution in [2.24, 2.45) is 0 Å². The molecule has 3 aromatic rings. The first kappa shape index (κ1) is 16.1. The van der Waals surface area contributed by atoms with Gasteiger partial charge >= 0.3 is 0 Å². The number of aromatic nitrogens is 5. The minimum atomic E-state index is -0.394. The van der Waals surface area contributed by atoms with Crippen LogP contribution < -0.4 is 10.1 Å². The van der Waals surface area contributed by atoms with Crippen LogP contribution in [0.4, 0.5) is 5.13 Å². The molecule has 9 heteroatoms. The Morgan fingerprint density at radius 1 is 1.33 bits per heavy atom. The van der Waals surface area contributed by atoms with E-state index in [0.717, 1.165) is 16.9 Å². The molecule has 8 nitrogen and oxygen atoms in total. The van der Waals surface area contributed by atoms with Crippen LogP contribution in [-0.2, 0) is 0 Å². The number of nitrogens with one attached hydrogen (secondary N) is 2. The number of aryl methyl sites for hydroxylation is 1. The Bertz CT molecular complexity index is 846. The Labute approximate surface area is 142 Å². The van der Waals surface area contributed by atoms with Gasteiger partial charge in [0.2, 0.25) is 5.13 Å². The van der Waals surface area contributed by atoms with Gasteiger partial charge in [-0.1, -0.05) is 23.5 Å². The Kier molecular flexibility index (Phi) is 4.52. The molecule has 0 aliphatic rings. The number of amides is 1. The highest BCUT2D eigenvalue weighted by Crippen LogP contribution is 2.29. The number of benzene rings is 1. The molecule has 0 aliphatic heterocycles. The predicted molar refractivity (Wildman–Crippen MR) is 89.2 cm³/mol. The van der Waals surface area contributed by atoms with Crippen LogP contribution in [0.15, 0.2) is 24.4 Å². The van der Waals surface area contributed by atoms with Gasteiger partial charge < -0.3 is 4.74 Å². The zero-order valence-electron chi connectivity index (χ0n) is 13.4. The number of aromatic amines is 1. The largest absolute Gasteiger partial charge is 0.483 e. The van der Waals surface area contributed by atoms with Crippen molar-refractivity contribution in [3.05, 3.63) is 46.2 Å². The average molecular weight is 344 g/mol. The van der Waals surface area contributed by atoms with Crippen LogP contribution in [0.3, 0.4) is 0 Å². The quantitative estimate of drug-likeness (QED) is 0.737. The second kappa shape index (κ2) is 6.75. The van der Waals surface area contributed by atoms with E-state index in [-0.39, 0.29) is 11.8 Å². The van der Waals surface area contributed by atoms with E-state index in [9.17, 15) is 4.79 Å². The monoisotopic (exact) mass is 344 g/mol. The molecule has 2 aromatic heterocycles. The summed E-state index contributed by atoms with van der Waals surface area (Å²) >= 11 is 1.26. The van der Waals surface area contributed by atoms with Gasteiger partial charge in [0.1, 0.15) is 11.9 Å². The number of anilines is 1. The Morgan fingerprint density at radius 3 is 2.92 bits per heavy atom. The highest BCUT2D eigenvalue weighted by atomic mass is 32.1. The zero-order valence-corrected chi connectivity index (χ0v) is 14.2. The van der Waals surface area contributed by atoms with Gasteiger partial charge in [0.15, 0.2) is 10.7 Å². The predicted octanol–water partition coefficient (Wildman–Crippen LogP) is 2.67. The molecule has 0 fully saturated rings. The van der Waals surface area contributed by atoms with Crippen LogP contribution in [0.1, 0.15) is 39.7 Å². The Balaban J connectivity index is 1.68. The van der Waals surface area contributed by atoms with Crippen LogP contribution in [0, 0.1) is 13.8 Å². The summed E-state index contributed by atoms with van der Waals surface area (Å²) in [6.45, 7) is 5.95. The van der Waals surface area contributed by atoms with Crippen molar-refractivity contribution in [1.82, 2.24) is 25.6 Å². The molecule has 0 spiro atoms. The van der Waals surface area contributed by atoms with Crippen molar-refractivity contribution in [2.45, 2.75) is 26.9 Å². The highest BCUT2D eigenvalue weighted by Gasteiger charge is 2.17. The number of hydrogen-bond acceptors (Lipinski definition) is 7. The average Bonchev–Trinajstić information content (AvgIpc) is 3.23. The number of H-pyrrole nitrogens is 1. The second-order valence-electron chi connectivity index (χ2n) is 5.21. The van der Waals surface area contributed by atoms with Gasteiger partial charge in [0.05, 0.1) is 6.20 Å². The summed E-state index contributed by atoms with van der Waals surface area (Å²) in [5, 5.41) is 21.4. The summed E-state index contributed by atoms with van der Waals surface area (Å²) in [5.74, 6) is 0.417. The van der Waals surface area contributed by atoms with E-state index in [1.807, 2.05) is 39.0 Å². The zero-order chi connectivity index (χ0) is 17.1. The molecule has 0 aliphatic carbocycles. The lowest BCUT2D eigenvalue weighted by atomic mass is 10.1. The molecule has 0 saturated heterocycles. The van der Waals surface area contributed by atoms with Crippen molar-refractivity contribution >= 4 is 22.4 Å². The Hall–Kier alpha value is -2.81. The molecular weight excluding hydrogens is 328 g/mol. The van der Waals surface area contributed by atoms with E-state index >= 15 is 0 Å². The first-order valence-electron chi connectivity index (χ1n) is 7.28. The van der Waals surface area contributed by atoms with Crippen molar-refractivity contribution < 1.29 is 9.53 Å². The number of carbonyl (C=O) groups excluding carboxylic acids is 1. The molecule has 0 bridgehead atoms. The molecule has 0 saturated carbocycles. The molecule has 1 aromatic carbocycles. The molecule has 1 amide bonds. The maximum Gasteiger partial charge on any atom is 0.279 e. The van der Waals surface area contributed by atoms with E-state index < -0.39 is 5.91 Å². The summed E-state index contributed by atoms with van der Waals surface area (Å²) in [6.07, 6.45) is 1.06. The fraction of sp³-hybridized carbons (Fsp3) is 0.267. The lowest BCUT2D eigenvalue weighted by Crippen LogP contribution is -2.12. The summed E-state index contributed by atoms with van der Waals surface area (Å²) in [7, 11) is 0. The van der Waals surface area contributed by atoms with Gasteiger partial charge in [0, 0.05) is 0 Å². The van der Waals surface area contributed by atoms with E-state index in [1.165, 1.54) is 17.5 Å². The van der Waals surface area contributed by atoms with Gasteiger partial charge in [-0.15, -0.1) is 10.2 Å². The maximum atomic E-state index is 11.9. The number of hydrogen-bond donors (Lipinski definition) is 2. The molecule has 24 heavy (non-hydrogen) atoms. The summed E-state index contributed by atoms with van der Waals surface area (Å²) in [5.41, 5.74) is 2.44. The van der Waals surface area contributed by atoms with Gasteiger partial charge in [0.25, 0.3) is 5.91 Å². The van der Waals surface area contributed by atoms with Gasteiger partial charge in [-0.3, -0.25) is 10.1 Å². The first-order chi connectivity index (χ1) is 11.5. The summed E-state index contributed by atoms with van der Waals surface area (Å²) in [6, 6.07) is 5.91. The van der Waals surface area contributed by atoms with E-state index in [1.54, 1.807) is 0 Å².